The summed E-state index contributed by atoms with van der Waals surface area (Å²) in [5.74, 6) is 1.19. The first-order valence-corrected chi connectivity index (χ1v) is 9.78. The van der Waals surface area contributed by atoms with Gasteiger partial charge in [0, 0.05) is 5.56 Å². The second kappa shape index (κ2) is 9.03. The topological polar surface area (TPSA) is 57.1 Å². The van der Waals surface area contributed by atoms with Crippen LogP contribution in [0, 0.1) is 3.57 Å². The van der Waals surface area contributed by atoms with Gasteiger partial charge in [-0.2, -0.15) is 0 Å². The number of ether oxygens (including phenoxy) is 3. The van der Waals surface area contributed by atoms with Crippen molar-refractivity contribution >= 4 is 40.5 Å². The molecule has 0 aromatic heterocycles. The van der Waals surface area contributed by atoms with E-state index in [9.17, 15) is 4.79 Å². The normalized spacial score (nSPS) is 14.9. The summed E-state index contributed by atoms with van der Waals surface area (Å²) in [6.45, 7) is 2.76. The van der Waals surface area contributed by atoms with Gasteiger partial charge < -0.3 is 14.2 Å². The highest BCUT2D eigenvalue weighted by atomic mass is 127. The molecule has 1 aliphatic heterocycles. The summed E-state index contributed by atoms with van der Waals surface area (Å²) in [4.78, 5) is 16.5. The van der Waals surface area contributed by atoms with Crippen LogP contribution in [0.4, 0.5) is 0 Å². The third-order valence-electron chi connectivity index (χ3n) is 3.94. The van der Waals surface area contributed by atoms with Crippen molar-refractivity contribution in [1.82, 2.24) is 0 Å². The molecule has 0 aliphatic carbocycles. The number of nitrogens with zero attached hydrogens (tertiary/aromatic N) is 1. The predicted molar refractivity (Wildman–Crippen MR) is 113 cm³/mol. The molecule has 1 heterocycles. The third kappa shape index (κ3) is 4.68. The van der Waals surface area contributed by atoms with E-state index in [2.05, 4.69) is 34.5 Å². The fraction of sp³-hybridized carbons (Fsp3) is 0.238. The number of cyclic esters (lactones) is 1. The van der Waals surface area contributed by atoms with E-state index in [1.54, 1.807) is 13.2 Å². The Labute approximate surface area is 172 Å². The monoisotopic (exact) mass is 477 g/mol. The van der Waals surface area contributed by atoms with E-state index in [4.69, 9.17) is 14.2 Å². The maximum absolute atomic E-state index is 12.2. The molecule has 5 nitrogen and oxygen atoms in total. The van der Waals surface area contributed by atoms with E-state index in [0.717, 1.165) is 33.3 Å². The van der Waals surface area contributed by atoms with Crippen molar-refractivity contribution < 1.29 is 19.0 Å². The van der Waals surface area contributed by atoms with E-state index in [1.165, 1.54) is 0 Å². The second-order valence-electron chi connectivity index (χ2n) is 5.94. The summed E-state index contributed by atoms with van der Waals surface area (Å²) >= 11 is 2.21. The average Bonchev–Trinajstić information content (AvgIpc) is 3.04. The first-order chi connectivity index (χ1) is 13.1. The van der Waals surface area contributed by atoms with Gasteiger partial charge in [-0.25, -0.2) is 9.79 Å². The van der Waals surface area contributed by atoms with E-state index in [0.29, 0.717) is 18.3 Å². The van der Waals surface area contributed by atoms with Gasteiger partial charge in [-0.05, 0) is 64.9 Å². The molecule has 0 unspecified atom stereocenters. The molecule has 0 bridgehead atoms. The Kier molecular flexibility index (Phi) is 6.49. The Balaban J connectivity index is 1.89. The molecule has 0 saturated carbocycles. The minimum Gasteiger partial charge on any atom is -0.493 e. The van der Waals surface area contributed by atoms with E-state index >= 15 is 0 Å². The highest BCUT2D eigenvalue weighted by molar-refractivity contribution is 14.1. The molecule has 2 aromatic rings. The SMILES string of the molecule is CCCCOc1c(I)cc(/C=C2\N=C(c3ccccc3)OC2=O)cc1OC. The number of aliphatic imine (C=N–C) groups is 1. The van der Waals surface area contributed by atoms with E-state index in [1.807, 2.05) is 42.5 Å². The van der Waals surface area contributed by atoms with Crippen LogP contribution in [0.15, 0.2) is 53.2 Å². The molecule has 0 fully saturated rings. The van der Waals surface area contributed by atoms with Crippen LogP contribution in [-0.4, -0.2) is 25.6 Å². The Morgan fingerprint density at radius 2 is 2.00 bits per heavy atom. The number of methoxy groups -OCH3 is 1. The Bertz CT molecular complexity index is 891. The number of carbonyl (C=O) groups excluding carboxylic acids is 1. The molecular weight excluding hydrogens is 457 g/mol. The lowest BCUT2D eigenvalue weighted by Crippen LogP contribution is -2.05. The summed E-state index contributed by atoms with van der Waals surface area (Å²) in [6.07, 6.45) is 3.74. The molecule has 2 aromatic carbocycles. The largest absolute Gasteiger partial charge is 0.493 e. The molecule has 6 heteroatoms. The van der Waals surface area contributed by atoms with Crippen LogP contribution >= 0.6 is 22.6 Å². The van der Waals surface area contributed by atoms with Crippen LogP contribution in [-0.2, 0) is 9.53 Å². The Morgan fingerprint density at radius 3 is 2.70 bits per heavy atom. The van der Waals surface area contributed by atoms with Gasteiger partial charge >= 0.3 is 5.97 Å². The van der Waals surface area contributed by atoms with E-state index < -0.39 is 5.97 Å². The Hall–Kier alpha value is -2.35. The highest BCUT2D eigenvalue weighted by Gasteiger charge is 2.24. The molecule has 1 aliphatic rings. The lowest BCUT2D eigenvalue weighted by molar-refractivity contribution is -0.129. The quantitative estimate of drug-likeness (QED) is 0.248. The lowest BCUT2D eigenvalue weighted by Gasteiger charge is -2.13. The first kappa shape index (κ1) is 19.4. The zero-order valence-corrected chi connectivity index (χ0v) is 17.4. The van der Waals surface area contributed by atoms with E-state index in [-0.39, 0.29) is 5.70 Å². The standard InChI is InChI=1S/C21H20INO4/c1-3-4-10-26-19-16(22)11-14(13-18(19)25-2)12-17-21(24)27-20(23-17)15-8-6-5-7-9-15/h5-9,11-13H,3-4,10H2,1-2H3/b17-12-. The summed E-state index contributed by atoms with van der Waals surface area (Å²) < 4.78 is 17.5. The van der Waals surface area contributed by atoms with Crippen LogP contribution in [0.1, 0.15) is 30.9 Å². The fourth-order valence-electron chi connectivity index (χ4n) is 2.55. The number of hydrogen-bond acceptors (Lipinski definition) is 5. The summed E-state index contributed by atoms with van der Waals surface area (Å²) in [5, 5.41) is 0. The van der Waals surface area contributed by atoms with Gasteiger partial charge in [0.05, 0.1) is 17.3 Å². The van der Waals surface area contributed by atoms with Gasteiger partial charge in [-0.3, -0.25) is 0 Å². The average molecular weight is 477 g/mol. The van der Waals surface area contributed by atoms with Gasteiger partial charge in [0.15, 0.2) is 17.2 Å². The molecule has 27 heavy (non-hydrogen) atoms. The van der Waals surface area contributed by atoms with Gasteiger partial charge in [0.1, 0.15) is 0 Å². The molecule has 0 spiro atoms. The maximum Gasteiger partial charge on any atom is 0.363 e. The molecule has 140 valence electrons. The summed E-state index contributed by atoms with van der Waals surface area (Å²) in [5.41, 5.74) is 1.82. The van der Waals surface area contributed by atoms with Gasteiger partial charge in [0.25, 0.3) is 0 Å². The van der Waals surface area contributed by atoms with Crippen molar-refractivity contribution in [2.75, 3.05) is 13.7 Å². The van der Waals surface area contributed by atoms with Crippen molar-refractivity contribution in [2.24, 2.45) is 4.99 Å². The van der Waals surface area contributed by atoms with Crippen molar-refractivity contribution in [1.29, 1.82) is 0 Å². The van der Waals surface area contributed by atoms with Crippen LogP contribution in [0.5, 0.6) is 11.5 Å². The van der Waals surface area contributed by atoms with Crippen LogP contribution in [0.25, 0.3) is 6.08 Å². The number of halogens is 1. The highest BCUT2D eigenvalue weighted by Crippen LogP contribution is 2.35. The third-order valence-corrected chi connectivity index (χ3v) is 4.74. The summed E-state index contributed by atoms with van der Waals surface area (Å²) in [7, 11) is 1.60. The minimum absolute atomic E-state index is 0.256. The maximum atomic E-state index is 12.2. The summed E-state index contributed by atoms with van der Waals surface area (Å²) in [6, 6.07) is 13.1. The minimum atomic E-state index is -0.467. The lowest BCUT2D eigenvalue weighted by atomic mass is 10.1. The molecule has 0 atom stereocenters. The molecule has 0 saturated heterocycles. The molecule has 0 radical (unpaired) electrons. The number of unbranched alkanes of at least 4 members (excludes halogenated alkanes) is 1. The van der Waals surface area contributed by atoms with Crippen molar-refractivity contribution in [3.63, 3.8) is 0 Å². The zero-order valence-electron chi connectivity index (χ0n) is 15.2. The van der Waals surface area contributed by atoms with Gasteiger partial charge in [0.2, 0.25) is 5.90 Å². The predicted octanol–water partition coefficient (Wildman–Crippen LogP) is 4.82. The number of carbonyl (C=O) groups is 1. The van der Waals surface area contributed by atoms with Gasteiger partial charge in [-0.15, -0.1) is 0 Å². The van der Waals surface area contributed by atoms with Crippen LogP contribution < -0.4 is 9.47 Å². The van der Waals surface area contributed by atoms with Crippen LogP contribution in [0.3, 0.4) is 0 Å². The molecule has 0 amide bonds. The Morgan fingerprint density at radius 1 is 1.22 bits per heavy atom. The zero-order chi connectivity index (χ0) is 19.2. The van der Waals surface area contributed by atoms with Crippen molar-refractivity contribution in [2.45, 2.75) is 19.8 Å². The van der Waals surface area contributed by atoms with Gasteiger partial charge in [-0.1, -0.05) is 31.5 Å². The first-order valence-electron chi connectivity index (χ1n) is 8.70. The fourth-order valence-corrected chi connectivity index (χ4v) is 3.33. The smallest absolute Gasteiger partial charge is 0.363 e. The van der Waals surface area contributed by atoms with Crippen molar-refractivity contribution in [3.8, 4) is 11.5 Å². The number of rotatable bonds is 7. The molecular formula is C21H20INO4. The molecule has 3 rings (SSSR count). The van der Waals surface area contributed by atoms with Crippen molar-refractivity contribution in [3.05, 3.63) is 62.9 Å². The number of hydrogen-bond donors (Lipinski definition) is 0. The number of esters is 1. The molecule has 0 N–H and O–H groups in total. The number of benzene rings is 2. The second-order valence-corrected chi connectivity index (χ2v) is 7.10. The van der Waals surface area contributed by atoms with Crippen LogP contribution in [0.2, 0.25) is 0 Å².